The lowest BCUT2D eigenvalue weighted by Gasteiger charge is -2.17. The van der Waals surface area contributed by atoms with Crippen molar-refractivity contribution in [2.24, 2.45) is 0 Å². The average Bonchev–Trinajstić information content (AvgIpc) is 3.75. The van der Waals surface area contributed by atoms with E-state index in [9.17, 15) is 0 Å². The van der Waals surface area contributed by atoms with E-state index >= 15 is 0 Å². The molecule has 0 amide bonds. The van der Waals surface area contributed by atoms with Crippen LogP contribution in [0, 0.1) is 0 Å². The number of hydrogen-bond donors (Lipinski definition) is 0. The number of para-hydroxylation sites is 1. The summed E-state index contributed by atoms with van der Waals surface area (Å²) in [6.07, 6.45) is 0. The summed E-state index contributed by atoms with van der Waals surface area (Å²) >= 11 is 0. The zero-order chi connectivity index (χ0) is 37.7. The van der Waals surface area contributed by atoms with Gasteiger partial charge in [0.2, 0.25) is 5.95 Å². The first kappa shape index (κ1) is 34.4. The lowest BCUT2D eigenvalue weighted by Crippen LogP contribution is -2.48. The quantitative estimate of drug-likeness (QED) is 0.174. The highest BCUT2D eigenvalue weighted by Crippen LogP contribution is 2.38. The minimum atomic E-state index is 0.627. The van der Waals surface area contributed by atoms with E-state index in [2.05, 4.69) is 142 Å². The number of hydrogen-bond acceptors (Lipinski definition) is 3. The summed E-state index contributed by atoms with van der Waals surface area (Å²) in [6, 6.07) is 31.4. The fraction of sp³-hybridized carbons (Fsp3) is 0. The number of nitrogens with zero attached hydrogens (tertiary/aromatic N) is 5. The summed E-state index contributed by atoms with van der Waals surface area (Å²) in [7, 11) is 22.9. The van der Waals surface area contributed by atoms with Crippen LogP contribution in [0.5, 0.6) is 0 Å². The number of fused-ring (bicyclic) bond motifs is 7. The van der Waals surface area contributed by atoms with E-state index in [1.807, 2.05) is 36.4 Å². The lowest BCUT2D eigenvalue weighted by molar-refractivity contribution is 0.956. The molecule has 54 heavy (non-hydrogen) atoms. The van der Waals surface area contributed by atoms with E-state index in [1.54, 1.807) is 0 Å². The van der Waals surface area contributed by atoms with Gasteiger partial charge in [-0.15, -0.1) is 10.9 Å². The third-order valence-electron chi connectivity index (χ3n) is 12.6. The molecule has 6 aromatic carbocycles. The molecule has 0 saturated carbocycles. The Morgan fingerprint density at radius 3 is 1.09 bits per heavy atom. The monoisotopic (exact) mass is 683 g/mol. The minimum Gasteiger partial charge on any atom is -0.310 e. The fourth-order valence-electron chi connectivity index (χ4n) is 8.93. The molecule has 0 spiro atoms. The van der Waals surface area contributed by atoms with E-state index in [-0.39, 0.29) is 0 Å². The van der Waals surface area contributed by atoms with Gasteiger partial charge >= 0.3 is 0 Å². The Kier molecular flexibility index (Phi) is 8.00. The van der Waals surface area contributed by atoms with Crippen LogP contribution in [0.3, 0.4) is 0 Å². The van der Waals surface area contributed by atoms with Crippen LogP contribution in [0.15, 0.2) is 91.0 Å². The van der Waals surface area contributed by atoms with Crippen LogP contribution >= 0.6 is 0 Å². The Morgan fingerprint density at radius 2 is 0.648 bits per heavy atom. The summed E-state index contributed by atoms with van der Waals surface area (Å²) in [5, 5.41) is 5.15. The fourth-order valence-corrected chi connectivity index (χ4v) is 8.93. The van der Waals surface area contributed by atoms with Crippen LogP contribution in [0.1, 0.15) is 0 Å². The molecule has 0 fully saturated rings. The van der Waals surface area contributed by atoms with Crippen molar-refractivity contribution in [2.75, 3.05) is 0 Å². The van der Waals surface area contributed by atoms with E-state index in [0.717, 1.165) is 22.2 Å². The summed E-state index contributed by atoms with van der Waals surface area (Å²) in [5.41, 5.74) is 20.9. The third-order valence-corrected chi connectivity index (χ3v) is 12.6. The van der Waals surface area contributed by atoms with Crippen LogP contribution < -0.4 is 54.6 Å². The van der Waals surface area contributed by atoms with Crippen LogP contribution in [0.25, 0.3) is 78.0 Å². The highest BCUT2D eigenvalue weighted by molar-refractivity contribution is 6.71. The van der Waals surface area contributed by atoms with Crippen molar-refractivity contribution in [3.05, 3.63) is 91.0 Å². The molecule has 0 radical (unpaired) electrons. The smallest absolute Gasteiger partial charge is 0.238 e. The van der Waals surface area contributed by atoms with E-state index in [0.29, 0.717) is 17.6 Å². The molecule has 15 heteroatoms. The molecule has 5 nitrogen and oxygen atoms in total. The van der Waals surface area contributed by atoms with Gasteiger partial charge in [-0.3, -0.25) is 4.57 Å². The van der Waals surface area contributed by atoms with Gasteiger partial charge in [0.05, 0.1) is 5.52 Å². The number of rotatable bonds is 4. The van der Waals surface area contributed by atoms with Gasteiger partial charge in [-0.25, -0.2) is 4.98 Å². The predicted molar refractivity (Wildman–Crippen MR) is 261 cm³/mol. The zero-order valence-corrected chi connectivity index (χ0v) is 32.9. The molecular formula is C39H35B10N5. The molecule has 3 heterocycles. The highest BCUT2D eigenvalue weighted by atomic mass is 15.2. The van der Waals surface area contributed by atoms with Gasteiger partial charge in [0.25, 0.3) is 0 Å². The number of aromatic nitrogens is 5. The minimum absolute atomic E-state index is 0.627. The van der Waals surface area contributed by atoms with Crippen molar-refractivity contribution in [1.29, 1.82) is 0 Å². The Bertz CT molecular complexity index is 2980. The summed E-state index contributed by atoms with van der Waals surface area (Å²) in [4.78, 5) is 15.8. The van der Waals surface area contributed by atoms with Gasteiger partial charge in [0.1, 0.15) is 78.5 Å². The van der Waals surface area contributed by atoms with Gasteiger partial charge < -0.3 is 4.57 Å². The van der Waals surface area contributed by atoms with Gasteiger partial charge in [-0.1, -0.05) is 123 Å². The molecule has 3 aromatic heterocycles. The molecule has 0 atom stereocenters. The molecular weight excluding hydrogens is 647 g/mol. The normalized spacial score (nSPS) is 11.7. The second-order valence-electron chi connectivity index (χ2n) is 15.2. The van der Waals surface area contributed by atoms with E-state index in [4.69, 9.17) is 15.0 Å². The first-order valence-electron chi connectivity index (χ1n) is 18.9. The molecule has 0 aliphatic heterocycles. The Balaban J connectivity index is 1.58. The molecule has 0 bridgehead atoms. The largest absolute Gasteiger partial charge is 0.310 e. The highest BCUT2D eigenvalue weighted by Gasteiger charge is 2.29. The molecule has 9 aromatic rings. The second-order valence-corrected chi connectivity index (χ2v) is 15.2. The molecule has 0 aliphatic rings. The third kappa shape index (κ3) is 4.76. The first-order valence-corrected chi connectivity index (χ1v) is 18.9. The van der Waals surface area contributed by atoms with Crippen LogP contribution in [-0.2, 0) is 0 Å². The van der Waals surface area contributed by atoms with Crippen molar-refractivity contribution in [2.45, 2.75) is 0 Å². The van der Waals surface area contributed by atoms with Crippen molar-refractivity contribution in [3.8, 4) is 34.4 Å². The van der Waals surface area contributed by atoms with E-state index in [1.165, 1.54) is 92.9 Å². The SMILES string of the molecule is Bc1c(B)c(B)c2c(c1B)c1c3c4c(B)c(B)c(B)c(B)c4n(-c4nc(-c5ccccc5)nc(-c5ccccc5)n4)c3c(B)c(B)c1n2-c1ccccc1. The molecule has 0 N–H and O–H groups in total. The summed E-state index contributed by atoms with van der Waals surface area (Å²) in [6.45, 7) is 0. The van der Waals surface area contributed by atoms with Crippen LogP contribution in [0.2, 0.25) is 0 Å². The topological polar surface area (TPSA) is 48.5 Å². The Morgan fingerprint density at radius 1 is 0.315 bits per heavy atom. The standard InChI is InChI=1S/C39H35B10N5/c40-23-21-19-20-22-24(41)26(43)28(45)30(47)36(22)54(39-51-37(16-10-4-1-5-11-16)50-38(52-39)17-12-6-2-7-13-17)34(20)32(49)31(48)33(19)53(18-14-8-3-9-15-18)35(21)29(46)27(44)25(23)42/h1-15H,40-49H2. The van der Waals surface area contributed by atoms with Crippen molar-refractivity contribution in [1.82, 2.24) is 24.1 Å². The van der Waals surface area contributed by atoms with Crippen molar-refractivity contribution < 1.29 is 0 Å². The van der Waals surface area contributed by atoms with Gasteiger partial charge in [0, 0.05) is 54.9 Å². The lowest BCUT2D eigenvalue weighted by atomic mass is 9.64. The van der Waals surface area contributed by atoms with Crippen molar-refractivity contribution in [3.63, 3.8) is 0 Å². The van der Waals surface area contributed by atoms with Crippen LogP contribution in [-0.4, -0.2) is 103 Å². The molecule has 0 saturated heterocycles. The summed E-state index contributed by atoms with van der Waals surface area (Å²) < 4.78 is 4.91. The maximum Gasteiger partial charge on any atom is 0.238 e. The first-order chi connectivity index (χ1) is 26.0. The Labute approximate surface area is 324 Å². The summed E-state index contributed by atoms with van der Waals surface area (Å²) in [5.74, 6) is 1.93. The van der Waals surface area contributed by atoms with Crippen molar-refractivity contribution >= 4 is 177 Å². The maximum absolute atomic E-state index is 5.35. The van der Waals surface area contributed by atoms with Gasteiger partial charge in [-0.2, -0.15) is 9.97 Å². The average molecular weight is 682 g/mol. The van der Waals surface area contributed by atoms with Gasteiger partial charge in [-0.05, 0) is 12.1 Å². The molecule has 246 valence electrons. The molecule has 0 unspecified atom stereocenters. The number of benzene rings is 6. The van der Waals surface area contributed by atoms with Crippen LogP contribution in [0.4, 0.5) is 0 Å². The predicted octanol–water partition coefficient (Wildman–Crippen LogP) is -8.02. The second kappa shape index (κ2) is 12.6. The zero-order valence-electron chi connectivity index (χ0n) is 32.9. The van der Waals surface area contributed by atoms with E-state index < -0.39 is 0 Å². The van der Waals surface area contributed by atoms with Gasteiger partial charge in [0.15, 0.2) is 11.6 Å². The molecule has 9 rings (SSSR count). The molecule has 0 aliphatic carbocycles. The Hall–Kier alpha value is -5.42. The maximum atomic E-state index is 5.35.